The van der Waals surface area contributed by atoms with Crippen LogP contribution in [0, 0.1) is 17.8 Å². The molecule has 1 unspecified atom stereocenters. The van der Waals surface area contributed by atoms with Gasteiger partial charge in [-0.05, 0) is 56.3 Å². The zero-order valence-corrected chi connectivity index (χ0v) is 11.3. The molecule has 4 bridgehead atoms. The molecule has 0 spiro atoms. The summed E-state index contributed by atoms with van der Waals surface area (Å²) in [5.41, 5.74) is 6.66. The molecule has 0 aromatic carbocycles. The molecule has 0 amide bonds. The van der Waals surface area contributed by atoms with Crippen molar-refractivity contribution >= 4 is 0 Å². The zero-order valence-electron chi connectivity index (χ0n) is 11.3. The van der Waals surface area contributed by atoms with Gasteiger partial charge in [-0.15, -0.1) is 0 Å². The van der Waals surface area contributed by atoms with Gasteiger partial charge in [-0.1, -0.05) is 0 Å². The minimum absolute atomic E-state index is 0.251. The van der Waals surface area contributed by atoms with E-state index in [1.807, 2.05) is 6.20 Å². The second kappa shape index (κ2) is 4.06. The van der Waals surface area contributed by atoms with Crippen LogP contribution in [-0.4, -0.2) is 21.4 Å². The molecule has 4 fully saturated rings. The highest BCUT2D eigenvalue weighted by atomic mass is 16.3. The zero-order chi connectivity index (χ0) is 13.0. The Labute approximate surface area is 114 Å². The van der Waals surface area contributed by atoms with Crippen LogP contribution in [0.4, 0.5) is 0 Å². The van der Waals surface area contributed by atoms with Crippen molar-refractivity contribution in [1.82, 2.24) is 9.78 Å². The van der Waals surface area contributed by atoms with Crippen molar-refractivity contribution in [2.24, 2.45) is 23.5 Å². The number of hydrogen-bond acceptors (Lipinski definition) is 3. The minimum atomic E-state index is -0.567. The molecule has 1 heterocycles. The van der Waals surface area contributed by atoms with Crippen LogP contribution in [-0.2, 0) is 5.54 Å². The third kappa shape index (κ3) is 1.77. The van der Waals surface area contributed by atoms with Crippen molar-refractivity contribution in [1.29, 1.82) is 0 Å². The average Bonchev–Trinajstić information content (AvgIpc) is 2.86. The Balaban J connectivity index is 1.66. The fraction of sp³-hybridized carbons (Fsp3) is 0.800. The van der Waals surface area contributed by atoms with E-state index in [2.05, 4.69) is 9.78 Å². The molecule has 1 aromatic heterocycles. The summed E-state index contributed by atoms with van der Waals surface area (Å²) in [6, 6.07) is 0. The second-order valence-corrected chi connectivity index (χ2v) is 7.11. The van der Waals surface area contributed by atoms with E-state index in [4.69, 9.17) is 5.73 Å². The predicted octanol–water partition coefficient (Wildman–Crippen LogP) is 1.80. The highest BCUT2D eigenvalue weighted by molar-refractivity contribution is 5.13. The molecule has 5 rings (SSSR count). The van der Waals surface area contributed by atoms with Gasteiger partial charge >= 0.3 is 0 Å². The summed E-state index contributed by atoms with van der Waals surface area (Å²) < 4.78 is 2.17. The lowest BCUT2D eigenvalue weighted by Crippen LogP contribution is -2.52. The van der Waals surface area contributed by atoms with Crippen LogP contribution in [0.2, 0.25) is 0 Å². The molecule has 19 heavy (non-hydrogen) atoms. The molecule has 4 aliphatic carbocycles. The van der Waals surface area contributed by atoms with Crippen molar-refractivity contribution in [3.8, 4) is 0 Å². The van der Waals surface area contributed by atoms with Crippen molar-refractivity contribution in [3.63, 3.8) is 0 Å². The maximum Gasteiger partial charge on any atom is 0.0942 e. The molecule has 3 N–H and O–H groups in total. The van der Waals surface area contributed by atoms with E-state index in [9.17, 15) is 5.11 Å². The van der Waals surface area contributed by atoms with E-state index in [1.54, 1.807) is 6.20 Å². The van der Waals surface area contributed by atoms with E-state index < -0.39 is 6.10 Å². The molecule has 0 saturated heterocycles. The van der Waals surface area contributed by atoms with E-state index in [-0.39, 0.29) is 12.1 Å². The molecule has 1 atom stereocenters. The first-order chi connectivity index (χ1) is 9.18. The topological polar surface area (TPSA) is 64.1 Å². The first-order valence-corrected chi connectivity index (χ1v) is 7.62. The van der Waals surface area contributed by atoms with Crippen LogP contribution in [0.1, 0.15) is 50.2 Å². The Kier molecular flexibility index (Phi) is 2.55. The standard InChI is InChI=1S/C15H23N3O/c16-7-14(19)13-8-17-18(9-13)15-4-10-1-11(5-15)3-12(2-10)6-15/h8-12,14,19H,1-7,16H2. The largest absolute Gasteiger partial charge is 0.387 e. The Morgan fingerprint density at radius 3 is 2.37 bits per heavy atom. The summed E-state index contributed by atoms with van der Waals surface area (Å²) in [4.78, 5) is 0. The summed E-state index contributed by atoms with van der Waals surface area (Å²) in [6.07, 6.45) is 11.5. The molecule has 4 aliphatic rings. The van der Waals surface area contributed by atoms with Crippen LogP contribution in [0.15, 0.2) is 12.4 Å². The fourth-order valence-electron chi connectivity index (χ4n) is 5.25. The monoisotopic (exact) mass is 261 g/mol. The van der Waals surface area contributed by atoms with Crippen LogP contribution < -0.4 is 5.73 Å². The lowest BCUT2D eigenvalue weighted by atomic mass is 9.53. The molecular weight excluding hydrogens is 238 g/mol. The van der Waals surface area contributed by atoms with Crippen LogP contribution >= 0.6 is 0 Å². The Morgan fingerprint density at radius 2 is 1.84 bits per heavy atom. The van der Waals surface area contributed by atoms with Gasteiger partial charge in [0.1, 0.15) is 0 Å². The molecule has 104 valence electrons. The summed E-state index contributed by atoms with van der Waals surface area (Å²) in [5.74, 6) is 2.75. The van der Waals surface area contributed by atoms with Crippen LogP contribution in [0.25, 0.3) is 0 Å². The molecular formula is C15H23N3O. The van der Waals surface area contributed by atoms with Gasteiger partial charge in [0.2, 0.25) is 0 Å². The second-order valence-electron chi connectivity index (χ2n) is 7.11. The molecule has 0 aliphatic heterocycles. The quantitative estimate of drug-likeness (QED) is 0.872. The molecule has 4 heteroatoms. The van der Waals surface area contributed by atoms with Gasteiger partial charge < -0.3 is 10.8 Å². The van der Waals surface area contributed by atoms with Gasteiger partial charge in [-0.25, -0.2) is 0 Å². The minimum Gasteiger partial charge on any atom is -0.387 e. The maximum absolute atomic E-state index is 9.85. The van der Waals surface area contributed by atoms with E-state index in [0.717, 1.165) is 23.3 Å². The molecule has 4 nitrogen and oxygen atoms in total. The lowest BCUT2D eigenvalue weighted by molar-refractivity contribution is -0.0495. The average molecular weight is 261 g/mol. The van der Waals surface area contributed by atoms with Gasteiger partial charge in [0.25, 0.3) is 0 Å². The summed E-state index contributed by atoms with van der Waals surface area (Å²) >= 11 is 0. The number of nitrogens with zero attached hydrogens (tertiary/aromatic N) is 2. The fourth-order valence-corrected chi connectivity index (χ4v) is 5.25. The van der Waals surface area contributed by atoms with Crippen molar-refractivity contribution in [2.75, 3.05) is 6.54 Å². The normalized spacial score (nSPS) is 41.7. The lowest BCUT2D eigenvalue weighted by Gasteiger charge is -2.56. The van der Waals surface area contributed by atoms with E-state index >= 15 is 0 Å². The van der Waals surface area contributed by atoms with Crippen molar-refractivity contribution in [3.05, 3.63) is 18.0 Å². The number of aromatic nitrogens is 2. The third-order valence-electron chi connectivity index (χ3n) is 5.70. The number of aliphatic hydroxyl groups is 1. The molecule has 4 saturated carbocycles. The third-order valence-corrected chi connectivity index (χ3v) is 5.70. The number of hydrogen-bond donors (Lipinski definition) is 2. The van der Waals surface area contributed by atoms with Crippen LogP contribution in [0.5, 0.6) is 0 Å². The van der Waals surface area contributed by atoms with Gasteiger partial charge in [0, 0.05) is 18.3 Å². The Hall–Kier alpha value is -0.870. The number of nitrogens with two attached hydrogens (primary N) is 1. The number of rotatable bonds is 3. The van der Waals surface area contributed by atoms with Crippen molar-refractivity contribution < 1.29 is 5.11 Å². The summed E-state index contributed by atoms with van der Waals surface area (Å²) in [7, 11) is 0. The molecule has 1 aromatic rings. The smallest absolute Gasteiger partial charge is 0.0942 e. The first kappa shape index (κ1) is 11.9. The summed E-state index contributed by atoms with van der Waals surface area (Å²) in [6.45, 7) is 0.270. The van der Waals surface area contributed by atoms with Gasteiger partial charge in [-0.3, -0.25) is 4.68 Å². The summed E-state index contributed by atoms with van der Waals surface area (Å²) in [5, 5.41) is 14.4. The van der Waals surface area contributed by atoms with Crippen molar-refractivity contribution in [2.45, 2.75) is 50.2 Å². The first-order valence-electron chi connectivity index (χ1n) is 7.62. The van der Waals surface area contributed by atoms with Gasteiger partial charge in [0.05, 0.1) is 17.8 Å². The van der Waals surface area contributed by atoms with Crippen LogP contribution in [0.3, 0.4) is 0 Å². The SMILES string of the molecule is NCC(O)c1cnn(C23CC4CC(CC(C4)C2)C3)c1. The highest BCUT2D eigenvalue weighted by Gasteiger charge is 2.52. The molecule has 0 radical (unpaired) electrons. The Bertz CT molecular complexity index is 446. The van der Waals surface area contributed by atoms with Gasteiger partial charge in [-0.2, -0.15) is 5.10 Å². The predicted molar refractivity (Wildman–Crippen MR) is 72.4 cm³/mol. The number of aliphatic hydroxyl groups excluding tert-OH is 1. The van der Waals surface area contributed by atoms with E-state index in [1.165, 1.54) is 38.5 Å². The Morgan fingerprint density at radius 1 is 1.26 bits per heavy atom. The van der Waals surface area contributed by atoms with Gasteiger partial charge in [0.15, 0.2) is 0 Å². The maximum atomic E-state index is 9.85. The van der Waals surface area contributed by atoms with E-state index in [0.29, 0.717) is 0 Å². The highest BCUT2D eigenvalue weighted by Crippen LogP contribution is 2.58.